The van der Waals surface area contributed by atoms with E-state index >= 15 is 0 Å². The number of hydrogen-bond donors (Lipinski definition) is 1. The minimum atomic E-state index is 0.580. The minimum absolute atomic E-state index is 0.580. The number of ether oxygens (including phenoxy) is 1. The number of unbranched alkanes of at least 4 members (excludes halogenated alkanes) is 9. The number of hydroxylamine groups is 2. The first-order valence-electron chi connectivity index (χ1n) is 10.5. The first-order chi connectivity index (χ1) is 11.8. The molecule has 0 unspecified atom stereocenters. The van der Waals surface area contributed by atoms with Crippen LogP contribution in [0.1, 0.15) is 96.8 Å². The Morgan fingerprint density at radius 3 is 2.08 bits per heavy atom. The van der Waals surface area contributed by atoms with Crippen LogP contribution in [0.2, 0.25) is 0 Å². The second kappa shape index (κ2) is 11.9. The summed E-state index contributed by atoms with van der Waals surface area (Å²) in [4.78, 5) is 4.31. The first-order valence-corrected chi connectivity index (χ1v) is 10.5. The van der Waals surface area contributed by atoms with Gasteiger partial charge < -0.3 is 4.74 Å². The van der Waals surface area contributed by atoms with Crippen molar-refractivity contribution in [3.05, 3.63) is 0 Å². The second-order valence-corrected chi connectivity index (χ2v) is 7.50. The Morgan fingerprint density at radius 2 is 1.50 bits per heavy atom. The van der Waals surface area contributed by atoms with Crippen molar-refractivity contribution >= 4 is 5.84 Å². The van der Waals surface area contributed by atoms with Crippen molar-refractivity contribution in [3.63, 3.8) is 0 Å². The van der Waals surface area contributed by atoms with Crippen LogP contribution in [0.4, 0.5) is 0 Å². The molecule has 0 aromatic carbocycles. The van der Waals surface area contributed by atoms with E-state index in [0.29, 0.717) is 18.8 Å². The molecule has 0 spiro atoms. The molecule has 0 bridgehead atoms. The molecule has 0 amide bonds. The lowest BCUT2D eigenvalue weighted by Crippen LogP contribution is -2.23. The highest BCUT2D eigenvalue weighted by molar-refractivity contribution is 5.82. The van der Waals surface area contributed by atoms with E-state index in [1.54, 1.807) is 0 Å². The van der Waals surface area contributed by atoms with Crippen LogP contribution in [0.25, 0.3) is 0 Å². The van der Waals surface area contributed by atoms with Gasteiger partial charge in [-0.05, 0) is 19.3 Å². The Hall–Kier alpha value is -0.610. The van der Waals surface area contributed by atoms with Gasteiger partial charge in [-0.1, -0.05) is 71.1 Å². The van der Waals surface area contributed by atoms with Crippen LogP contribution in [-0.2, 0) is 4.74 Å². The molecule has 2 aliphatic heterocycles. The highest BCUT2D eigenvalue weighted by Gasteiger charge is 2.36. The lowest BCUT2D eigenvalue weighted by molar-refractivity contribution is -0.00500. The van der Waals surface area contributed by atoms with Crippen molar-refractivity contribution in [2.45, 2.75) is 109 Å². The van der Waals surface area contributed by atoms with Crippen LogP contribution < -0.4 is 0 Å². The van der Waals surface area contributed by atoms with E-state index < -0.39 is 0 Å². The average molecular weight is 339 g/mol. The lowest BCUT2D eigenvalue weighted by Gasteiger charge is -2.10. The molecule has 0 aromatic heterocycles. The fourth-order valence-corrected chi connectivity index (χ4v) is 3.66. The first kappa shape index (κ1) is 19.7. The number of aliphatic imine (C=N–C) groups is 1. The molecule has 4 nitrogen and oxygen atoms in total. The summed E-state index contributed by atoms with van der Waals surface area (Å²) in [5.41, 5.74) is 0. The molecule has 0 saturated carbocycles. The van der Waals surface area contributed by atoms with Gasteiger partial charge in [-0.25, -0.2) is 5.06 Å². The van der Waals surface area contributed by atoms with Crippen LogP contribution in [0.3, 0.4) is 0 Å². The van der Waals surface area contributed by atoms with Crippen molar-refractivity contribution < 1.29 is 9.94 Å². The summed E-state index contributed by atoms with van der Waals surface area (Å²) in [5, 5.41) is 10.8. The molecule has 1 N–H and O–H groups in total. The van der Waals surface area contributed by atoms with Gasteiger partial charge in [0.25, 0.3) is 0 Å². The Kier molecular flexibility index (Phi) is 9.74. The summed E-state index contributed by atoms with van der Waals surface area (Å²) >= 11 is 0. The van der Waals surface area contributed by atoms with Gasteiger partial charge in [0.15, 0.2) is 0 Å². The highest BCUT2D eigenvalue weighted by atomic mass is 16.6. The Morgan fingerprint density at radius 1 is 0.917 bits per heavy atom. The lowest BCUT2D eigenvalue weighted by atomic mass is 10.0. The number of rotatable bonds is 15. The Bertz CT molecular complexity index is 360. The summed E-state index contributed by atoms with van der Waals surface area (Å²) in [5.74, 6) is 0.888. The van der Waals surface area contributed by atoms with Crippen molar-refractivity contribution in [1.82, 2.24) is 5.06 Å². The average Bonchev–Trinajstić information content (AvgIpc) is 3.21. The smallest absolute Gasteiger partial charge is 0.123 e. The molecule has 1 fully saturated rings. The molecule has 140 valence electrons. The largest absolute Gasteiger partial charge is 0.370 e. The molecule has 0 aliphatic carbocycles. The third-order valence-electron chi connectivity index (χ3n) is 5.32. The third-order valence-corrected chi connectivity index (χ3v) is 5.32. The van der Waals surface area contributed by atoms with E-state index in [-0.39, 0.29) is 0 Å². The van der Waals surface area contributed by atoms with Gasteiger partial charge in [0.05, 0.1) is 25.3 Å². The molecule has 2 rings (SSSR count). The van der Waals surface area contributed by atoms with E-state index in [1.807, 2.05) is 0 Å². The number of nitrogens with zero attached hydrogens (tertiary/aromatic N) is 2. The second-order valence-electron chi connectivity index (χ2n) is 7.50. The molecule has 0 radical (unpaired) electrons. The van der Waals surface area contributed by atoms with Crippen molar-refractivity contribution in [2.75, 3.05) is 13.1 Å². The van der Waals surface area contributed by atoms with Crippen LogP contribution in [0, 0.1) is 0 Å². The van der Waals surface area contributed by atoms with Crippen molar-refractivity contribution in [2.24, 2.45) is 4.99 Å². The van der Waals surface area contributed by atoms with Crippen LogP contribution in [0.15, 0.2) is 4.99 Å². The monoisotopic (exact) mass is 338 g/mol. The van der Waals surface area contributed by atoms with E-state index in [9.17, 15) is 5.21 Å². The summed E-state index contributed by atoms with van der Waals surface area (Å²) in [6.07, 6.45) is 19.3. The van der Waals surface area contributed by atoms with Crippen LogP contribution >= 0.6 is 0 Å². The number of hydrogen-bond acceptors (Lipinski definition) is 4. The van der Waals surface area contributed by atoms with Crippen LogP contribution in [0.5, 0.6) is 0 Å². The SMILES string of the molecule is CCCCCCCC[C@H]1O[C@@H]1CCCCCCCC1=NCCN1O. The summed E-state index contributed by atoms with van der Waals surface area (Å²) in [7, 11) is 0. The van der Waals surface area contributed by atoms with Gasteiger partial charge in [-0.15, -0.1) is 0 Å². The zero-order valence-electron chi connectivity index (χ0n) is 15.7. The molecule has 2 atom stereocenters. The maximum atomic E-state index is 9.53. The maximum absolute atomic E-state index is 9.53. The predicted octanol–water partition coefficient (Wildman–Crippen LogP) is 5.34. The molecular formula is C20H38N2O2. The van der Waals surface area contributed by atoms with E-state index in [0.717, 1.165) is 25.2 Å². The third kappa shape index (κ3) is 7.98. The number of amidine groups is 1. The van der Waals surface area contributed by atoms with E-state index in [4.69, 9.17) is 4.74 Å². The Balaban J connectivity index is 1.31. The molecule has 4 heteroatoms. The Labute approximate surface area is 148 Å². The summed E-state index contributed by atoms with van der Waals surface area (Å²) in [6, 6.07) is 0. The number of epoxide rings is 1. The molecule has 0 aromatic rings. The zero-order chi connectivity index (χ0) is 17.0. The van der Waals surface area contributed by atoms with E-state index in [1.165, 1.54) is 82.1 Å². The quantitative estimate of drug-likeness (QED) is 0.324. The molecule has 24 heavy (non-hydrogen) atoms. The fourth-order valence-electron chi connectivity index (χ4n) is 3.66. The molecular weight excluding hydrogens is 300 g/mol. The zero-order valence-corrected chi connectivity index (χ0v) is 15.7. The standard InChI is InChI=1S/C20H38N2O2/c1-2-3-4-5-7-10-13-18-19(24-18)14-11-8-6-9-12-15-20-21-16-17-22(20)23/h18-19,23H,2-17H2,1H3/t18-,19-/m1/s1. The molecule has 2 aliphatic rings. The van der Waals surface area contributed by atoms with Crippen molar-refractivity contribution in [1.29, 1.82) is 0 Å². The van der Waals surface area contributed by atoms with Gasteiger partial charge >= 0.3 is 0 Å². The fraction of sp³-hybridized carbons (Fsp3) is 0.950. The van der Waals surface area contributed by atoms with Crippen LogP contribution in [-0.4, -0.2) is 41.4 Å². The van der Waals surface area contributed by atoms with Gasteiger partial charge in [-0.2, -0.15) is 0 Å². The van der Waals surface area contributed by atoms with E-state index in [2.05, 4.69) is 11.9 Å². The maximum Gasteiger partial charge on any atom is 0.123 e. The van der Waals surface area contributed by atoms with Gasteiger partial charge in [0.1, 0.15) is 5.84 Å². The van der Waals surface area contributed by atoms with Gasteiger partial charge in [0.2, 0.25) is 0 Å². The van der Waals surface area contributed by atoms with Crippen molar-refractivity contribution in [3.8, 4) is 0 Å². The van der Waals surface area contributed by atoms with Gasteiger partial charge in [0, 0.05) is 6.42 Å². The summed E-state index contributed by atoms with van der Waals surface area (Å²) < 4.78 is 5.80. The molecule has 2 heterocycles. The predicted molar refractivity (Wildman–Crippen MR) is 99.8 cm³/mol. The molecule has 1 saturated heterocycles. The normalized spacial score (nSPS) is 22.9. The topological polar surface area (TPSA) is 48.4 Å². The summed E-state index contributed by atoms with van der Waals surface area (Å²) in [6.45, 7) is 3.71. The highest BCUT2D eigenvalue weighted by Crippen LogP contribution is 2.31. The van der Waals surface area contributed by atoms with Gasteiger partial charge in [-0.3, -0.25) is 10.2 Å². The minimum Gasteiger partial charge on any atom is -0.370 e.